The molecule has 0 saturated carbocycles. The van der Waals surface area contributed by atoms with Crippen LogP contribution in [0.25, 0.3) is 0 Å². The number of aliphatic imine (C=N–C) groups is 1. The summed E-state index contributed by atoms with van der Waals surface area (Å²) in [5.74, 6) is -0.452. The molecule has 0 saturated heterocycles. The van der Waals surface area contributed by atoms with Crippen molar-refractivity contribution >= 4 is 17.8 Å². The highest BCUT2D eigenvalue weighted by Crippen LogP contribution is 2.15. The van der Waals surface area contributed by atoms with E-state index in [1.165, 1.54) is 31.5 Å². The van der Waals surface area contributed by atoms with E-state index in [-0.39, 0.29) is 11.3 Å². The van der Waals surface area contributed by atoms with Gasteiger partial charge < -0.3 is 10.4 Å². The van der Waals surface area contributed by atoms with Gasteiger partial charge in [0.1, 0.15) is 0 Å². The predicted molar refractivity (Wildman–Crippen MR) is 65.6 cm³/mol. The molecule has 0 aliphatic carbocycles. The predicted octanol–water partition coefficient (Wildman–Crippen LogP) is 0.121. The van der Waals surface area contributed by atoms with Gasteiger partial charge in [-0.15, -0.1) is 0 Å². The summed E-state index contributed by atoms with van der Waals surface area (Å²) in [5.41, 5.74) is 0.180. The molecule has 0 bridgehead atoms. The minimum atomic E-state index is -0.963. The Bertz CT molecular complexity index is 473. The summed E-state index contributed by atoms with van der Waals surface area (Å²) in [6.45, 7) is -0.462. The number of nitrogens with zero attached hydrogens (tertiary/aromatic N) is 2. The molecule has 0 aromatic heterocycles. The standard InChI is InChI=1S/C11H13N3O4/c1-12-11(16)9(7-15)13-6-8-4-2-3-5-10(8)14(17)18/h2-6,9,15H,7H2,1H3,(H,12,16)/b13-6+/t9-/m0/s1. The van der Waals surface area contributed by atoms with Gasteiger partial charge in [-0.2, -0.15) is 0 Å². The normalized spacial score (nSPS) is 12.3. The lowest BCUT2D eigenvalue weighted by atomic mass is 10.2. The number of aliphatic hydroxyl groups excluding tert-OH is 1. The fourth-order valence-corrected chi connectivity index (χ4v) is 1.30. The van der Waals surface area contributed by atoms with E-state index in [2.05, 4.69) is 10.3 Å². The Morgan fingerprint density at radius 1 is 1.61 bits per heavy atom. The van der Waals surface area contributed by atoms with Gasteiger partial charge in [0.15, 0.2) is 6.04 Å². The van der Waals surface area contributed by atoms with Crippen LogP contribution in [0.2, 0.25) is 0 Å². The van der Waals surface area contributed by atoms with Gasteiger partial charge in [-0.3, -0.25) is 19.9 Å². The Morgan fingerprint density at radius 2 is 2.28 bits per heavy atom. The van der Waals surface area contributed by atoms with Crippen LogP contribution >= 0.6 is 0 Å². The Hall–Kier alpha value is -2.28. The fraction of sp³-hybridized carbons (Fsp3) is 0.273. The second-order valence-electron chi connectivity index (χ2n) is 3.41. The van der Waals surface area contributed by atoms with Crippen molar-refractivity contribution in [1.29, 1.82) is 0 Å². The lowest BCUT2D eigenvalue weighted by Gasteiger charge is -2.06. The Morgan fingerprint density at radius 3 is 2.83 bits per heavy atom. The highest BCUT2D eigenvalue weighted by molar-refractivity contribution is 5.89. The van der Waals surface area contributed by atoms with Gasteiger partial charge in [0.05, 0.1) is 17.1 Å². The average molecular weight is 251 g/mol. The maximum Gasteiger partial charge on any atom is 0.278 e. The zero-order chi connectivity index (χ0) is 13.5. The largest absolute Gasteiger partial charge is 0.394 e. The summed E-state index contributed by atoms with van der Waals surface area (Å²) < 4.78 is 0. The van der Waals surface area contributed by atoms with E-state index in [1.54, 1.807) is 6.07 Å². The lowest BCUT2D eigenvalue weighted by Crippen LogP contribution is -2.33. The number of likely N-dealkylation sites (N-methyl/N-ethyl adjacent to an activating group) is 1. The zero-order valence-corrected chi connectivity index (χ0v) is 9.74. The number of rotatable bonds is 5. The van der Waals surface area contributed by atoms with Crippen LogP contribution < -0.4 is 5.32 Å². The summed E-state index contributed by atoms with van der Waals surface area (Å²) in [6.07, 6.45) is 1.22. The number of nitro benzene ring substituents is 1. The van der Waals surface area contributed by atoms with E-state index in [1.807, 2.05) is 0 Å². The molecule has 7 nitrogen and oxygen atoms in total. The first-order valence-electron chi connectivity index (χ1n) is 5.19. The minimum Gasteiger partial charge on any atom is -0.394 e. The van der Waals surface area contributed by atoms with Crippen molar-refractivity contribution in [2.75, 3.05) is 13.7 Å². The van der Waals surface area contributed by atoms with Gasteiger partial charge in [0, 0.05) is 19.3 Å². The Kier molecular flexibility index (Phi) is 4.94. The molecule has 0 aliphatic rings. The summed E-state index contributed by atoms with van der Waals surface area (Å²) in [4.78, 5) is 25.3. The van der Waals surface area contributed by atoms with Crippen LogP contribution in [0.1, 0.15) is 5.56 Å². The van der Waals surface area contributed by atoms with E-state index in [0.717, 1.165) is 0 Å². The van der Waals surface area contributed by atoms with Crippen molar-refractivity contribution < 1.29 is 14.8 Å². The summed E-state index contributed by atoms with van der Waals surface area (Å²) in [5, 5.41) is 22.1. The van der Waals surface area contributed by atoms with Gasteiger partial charge >= 0.3 is 0 Å². The number of aliphatic hydroxyl groups is 1. The van der Waals surface area contributed by atoms with E-state index in [4.69, 9.17) is 5.11 Å². The van der Waals surface area contributed by atoms with E-state index in [9.17, 15) is 14.9 Å². The van der Waals surface area contributed by atoms with Gasteiger partial charge in [-0.25, -0.2) is 0 Å². The molecule has 1 aromatic carbocycles. The van der Waals surface area contributed by atoms with Crippen LogP contribution in [0.15, 0.2) is 29.3 Å². The van der Waals surface area contributed by atoms with Crippen LogP contribution in [0.5, 0.6) is 0 Å². The molecule has 1 aromatic rings. The molecule has 0 unspecified atom stereocenters. The second-order valence-corrected chi connectivity index (χ2v) is 3.41. The smallest absolute Gasteiger partial charge is 0.278 e. The first kappa shape index (κ1) is 13.8. The van der Waals surface area contributed by atoms with Gasteiger partial charge in [-0.1, -0.05) is 12.1 Å². The van der Waals surface area contributed by atoms with Gasteiger partial charge in [0.2, 0.25) is 5.91 Å². The maximum atomic E-state index is 11.3. The van der Waals surface area contributed by atoms with Crippen LogP contribution in [0.4, 0.5) is 5.69 Å². The topological polar surface area (TPSA) is 105 Å². The van der Waals surface area contributed by atoms with Crippen molar-refractivity contribution in [2.24, 2.45) is 4.99 Å². The number of nitrogens with one attached hydrogen (secondary N) is 1. The van der Waals surface area contributed by atoms with E-state index >= 15 is 0 Å². The van der Waals surface area contributed by atoms with Crippen LogP contribution in [0, 0.1) is 10.1 Å². The third kappa shape index (κ3) is 3.36. The number of hydrogen-bond acceptors (Lipinski definition) is 5. The lowest BCUT2D eigenvalue weighted by molar-refractivity contribution is -0.385. The Labute approximate surface area is 103 Å². The molecule has 18 heavy (non-hydrogen) atoms. The van der Waals surface area contributed by atoms with Crippen molar-refractivity contribution in [3.05, 3.63) is 39.9 Å². The molecule has 1 rings (SSSR count). The molecule has 96 valence electrons. The molecule has 0 aliphatic heterocycles. The molecular formula is C11H13N3O4. The number of carbonyl (C=O) groups is 1. The fourth-order valence-electron chi connectivity index (χ4n) is 1.30. The quantitative estimate of drug-likeness (QED) is 0.440. The number of benzene rings is 1. The number of nitro groups is 1. The first-order chi connectivity index (χ1) is 8.60. The van der Waals surface area contributed by atoms with E-state index in [0.29, 0.717) is 0 Å². The molecule has 2 N–H and O–H groups in total. The summed E-state index contributed by atoms with van der Waals surface area (Å²) in [6, 6.07) is 5.06. The third-order valence-corrected chi connectivity index (χ3v) is 2.25. The molecule has 0 radical (unpaired) electrons. The molecule has 1 amide bonds. The molecule has 0 spiro atoms. The van der Waals surface area contributed by atoms with E-state index < -0.39 is 23.5 Å². The summed E-state index contributed by atoms with van der Waals surface area (Å²) >= 11 is 0. The zero-order valence-electron chi connectivity index (χ0n) is 9.74. The molecule has 0 fully saturated rings. The monoisotopic (exact) mass is 251 g/mol. The first-order valence-corrected chi connectivity index (χ1v) is 5.19. The SMILES string of the molecule is CNC(=O)[C@H](CO)/N=C/c1ccccc1[N+](=O)[O-]. The summed E-state index contributed by atoms with van der Waals surface area (Å²) in [7, 11) is 1.42. The van der Waals surface area contributed by atoms with Crippen LogP contribution in [-0.4, -0.2) is 41.8 Å². The second kappa shape index (κ2) is 6.45. The van der Waals surface area contributed by atoms with Crippen LogP contribution in [0.3, 0.4) is 0 Å². The highest BCUT2D eigenvalue weighted by atomic mass is 16.6. The van der Waals surface area contributed by atoms with Crippen molar-refractivity contribution in [2.45, 2.75) is 6.04 Å². The van der Waals surface area contributed by atoms with Crippen LogP contribution in [-0.2, 0) is 4.79 Å². The maximum absolute atomic E-state index is 11.3. The van der Waals surface area contributed by atoms with Gasteiger partial charge in [-0.05, 0) is 6.07 Å². The molecule has 1 atom stereocenters. The number of para-hydroxylation sites is 1. The third-order valence-electron chi connectivity index (χ3n) is 2.25. The number of hydrogen-bond donors (Lipinski definition) is 2. The molecular weight excluding hydrogens is 238 g/mol. The molecule has 7 heteroatoms. The molecule has 0 heterocycles. The minimum absolute atomic E-state index is 0.102. The van der Waals surface area contributed by atoms with Crippen molar-refractivity contribution in [3.8, 4) is 0 Å². The highest BCUT2D eigenvalue weighted by Gasteiger charge is 2.15. The van der Waals surface area contributed by atoms with Crippen molar-refractivity contribution in [3.63, 3.8) is 0 Å². The average Bonchev–Trinajstić information content (AvgIpc) is 2.39. The van der Waals surface area contributed by atoms with Crippen molar-refractivity contribution in [1.82, 2.24) is 5.32 Å². The Balaban J connectivity index is 2.96. The number of amides is 1. The number of carbonyl (C=O) groups excluding carboxylic acids is 1. The van der Waals surface area contributed by atoms with Gasteiger partial charge in [0.25, 0.3) is 5.69 Å².